The van der Waals surface area contributed by atoms with Crippen molar-refractivity contribution in [3.05, 3.63) is 35.0 Å². The molecule has 5 nitrogen and oxygen atoms in total. The number of terminal acetylenes is 1. The second kappa shape index (κ2) is 6.94. The summed E-state index contributed by atoms with van der Waals surface area (Å²) in [6.07, 6.45) is 9.33. The summed E-state index contributed by atoms with van der Waals surface area (Å²) in [6, 6.07) is 6.79. The van der Waals surface area contributed by atoms with Crippen LogP contribution in [0.15, 0.2) is 18.2 Å². The van der Waals surface area contributed by atoms with Crippen molar-refractivity contribution in [2.75, 3.05) is 32.1 Å². The third-order valence-corrected chi connectivity index (χ3v) is 6.39. The number of amides is 2. The summed E-state index contributed by atoms with van der Waals surface area (Å²) < 4.78 is 1.84. The van der Waals surface area contributed by atoms with Crippen molar-refractivity contribution in [3.63, 3.8) is 0 Å². The summed E-state index contributed by atoms with van der Waals surface area (Å²) in [6.45, 7) is 6.44. The Morgan fingerprint density at radius 3 is 2.85 bits per heavy atom. The summed E-state index contributed by atoms with van der Waals surface area (Å²) in [5, 5.41) is 1.25. The van der Waals surface area contributed by atoms with Gasteiger partial charge in [-0.3, -0.25) is 0 Å². The minimum Gasteiger partial charge on any atom is -0.324 e. The van der Waals surface area contributed by atoms with Crippen molar-refractivity contribution in [2.45, 2.75) is 45.1 Å². The van der Waals surface area contributed by atoms with Crippen molar-refractivity contribution in [1.29, 1.82) is 0 Å². The monoisotopic (exact) mass is 364 g/mol. The highest BCUT2D eigenvalue weighted by molar-refractivity contribution is 5.94. The zero-order valence-corrected chi connectivity index (χ0v) is 16.5. The lowest BCUT2D eigenvalue weighted by molar-refractivity contribution is 0.157. The Morgan fingerprint density at radius 2 is 2.15 bits per heavy atom. The van der Waals surface area contributed by atoms with Gasteiger partial charge in [-0.05, 0) is 69.8 Å². The van der Waals surface area contributed by atoms with Crippen LogP contribution in [0.25, 0.3) is 10.9 Å². The maximum absolute atomic E-state index is 12.7. The summed E-state index contributed by atoms with van der Waals surface area (Å²) >= 11 is 0. The molecule has 2 aliphatic rings. The summed E-state index contributed by atoms with van der Waals surface area (Å²) in [5.41, 5.74) is 7.45. The maximum atomic E-state index is 12.7. The van der Waals surface area contributed by atoms with Gasteiger partial charge in [0.05, 0.1) is 5.52 Å². The Labute approximate surface area is 161 Å². The van der Waals surface area contributed by atoms with Crippen LogP contribution in [-0.4, -0.2) is 53.2 Å². The number of hydrogen-bond acceptors (Lipinski definition) is 2. The van der Waals surface area contributed by atoms with Gasteiger partial charge in [-0.15, -0.1) is 6.42 Å². The number of piperidine rings is 1. The Morgan fingerprint density at radius 1 is 1.37 bits per heavy atom. The minimum absolute atomic E-state index is 0.112. The van der Waals surface area contributed by atoms with E-state index in [0.29, 0.717) is 25.0 Å². The van der Waals surface area contributed by atoms with Crippen molar-refractivity contribution in [3.8, 4) is 12.3 Å². The van der Waals surface area contributed by atoms with E-state index in [1.54, 1.807) is 4.90 Å². The van der Waals surface area contributed by atoms with E-state index < -0.39 is 0 Å². The van der Waals surface area contributed by atoms with Crippen LogP contribution in [0.4, 0.5) is 4.79 Å². The van der Waals surface area contributed by atoms with Crippen LogP contribution in [-0.2, 0) is 6.42 Å². The molecule has 2 aromatic rings. The molecule has 2 amide bonds. The molecule has 142 valence electrons. The molecule has 1 aliphatic heterocycles. The van der Waals surface area contributed by atoms with E-state index >= 15 is 0 Å². The highest BCUT2D eigenvalue weighted by atomic mass is 16.2. The lowest BCUT2D eigenvalue weighted by Gasteiger charge is -2.42. The second-order valence-corrected chi connectivity index (χ2v) is 7.64. The molecular weight excluding hydrogens is 336 g/mol. The van der Waals surface area contributed by atoms with Gasteiger partial charge in [0.15, 0.2) is 0 Å². The summed E-state index contributed by atoms with van der Waals surface area (Å²) in [4.78, 5) is 16.9. The van der Waals surface area contributed by atoms with E-state index in [-0.39, 0.29) is 6.03 Å². The Hall–Kier alpha value is -2.45. The molecule has 1 aromatic carbocycles. The molecule has 1 fully saturated rings. The smallest absolute Gasteiger partial charge is 0.324 e. The Kier molecular flexibility index (Phi) is 4.61. The number of likely N-dealkylation sites (N-methyl/N-ethyl adjacent to an activating group) is 1. The number of urea groups is 1. The number of nitrogens with zero attached hydrogens (tertiary/aromatic N) is 3. The van der Waals surface area contributed by atoms with E-state index in [0.717, 1.165) is 24.2 Å². The van der Waals surface area contributed by atoms with Gasteiger partial charge >= 0.3 is 6.03 Å². The molecule has 0 unspecified atom stereocenters. The molecule has 1 N–H and O–H groups in total. The molecule has 0 radical (unpaired) electrons. The van der Waals surface area contributed by atoms with Gasteiger partial charge < -0.3 is 9.80 Å². The molecule has 2 heterocycles. The number of nitrogens with one attached hydrogen (secondary N) is 1. The highest BCUT2D eigenvalue weighted by Crippen LogP contribution is 2.44. The Bertz CT molecular complexity index is 919. The number of aromatic nitrogens is 1. The maximum Gasteiger partial charge on any atom is 0.336 e. The average molecular weight is 364 g/mol. The molecule has 4 rings (SSSR count). The number of hydrogen-bond donors (Lipinski definition) is 1. The fraction of sp³-hybridized carbons (Fsp3) is 0.500. The average Bonchev–Trinajstić information content (AvgIpc) is 2.98. The van der Waals surface area contributed by atoms with Crippen molar-refractivity contribution >= 4 is 16.9 Å². The predicted octanol–water partition coefficient (Wildman–Crippen LogP) is 3.36. The molecule has 1 aromatic heterocycles. The summed E-state index contributed by atoms with van der Waals surface area (Å²) in [7, 11) is 2.22. The van der Waals surface area contributed by atoms with Crippen molar-refractivity contribution in [1.82, 2.24) is 14.5 Å². The van der Waals surface area contributed by atoms with Gasteiger partial charge in [0.2, 0.25) is 0 Å². The Balaban J connectivity index is 1.86. The second-order valence-electron chi connectivity index (χ2n) is 7.64. The van der Waals surface area contributed by atoms with Crippen LogP contribution in [0.3, 0.4) is 0 Å². The number of carbonyl (C=O) groups excluding carboxylic acids is 1. The van der Waals surface area contributed by atoms with Crippen LogP contribution < -0.4 is 5.43 Å². The van der Waals surface area contributed by atoms with E-state index in [1.165, 1.54) is 29.4 Å². The molecule has 0 spiro atoms. The molecule has 2 atom stereocenters. The molecule has 5 heteroatoms. The van der Waals surface area contributed by atoms with Crippen molar-refractivity contribution in [2.24, 2.45) is 0 Å². The van der Waals surface area contributed by atoms with Gasteiger partial charge in [0.25, 0.3) is 0 Å². The van der Waals surface area contributed by atoms with Crippen LogP contribution in [0.2, 0.25) is 0 Å². The molecule has 27 heavy (non-hydrogen) atoms. The third kappa shape index (κ3) is 2.71. The van der Waals surface area contributed by atoms with Gasteiger partial charge in [0.1, 0.15) is 5.69 Å². The number of fused-ring (bicyclic) bond motifs is 2. The van der Waals surface area contributed by atoms with E-state index in [2.05, 4.69) is 41.5 Å². The van der Waals surface area contributed by atoms with Crippen LogP contribution in [0, 0.1) is 12.3 Å². The lowest BCUT2D eigenvalue weighted by atomic mass is 9.75. The lowest BCUT2D eigenvalue weighted by Crippen LogP contribution is -2.44. The molecular formula is C22H28N4O. The minimum atomic E-state index is -0.112. The van der Waals surface area contributed by atoms with E-state index in [4.69, 9.17) is 6.42 Å². The zero-order chi connectivity index (χ0) is 19.1. The first-order valence-electron chi connectivity index (χ1n) is 9.99. The first-order valence-corrected chi connectivity index (χ1v) is 9.99. The van der Waals surface area contributed by atoms with Gasteiger partial charge in [0, 0.05) is 30.4 Å². The van der Waals surface area contributed by atoms with E-state index in [1.807, 2.05) is 18.5 Å². The molecule has 1 aliphatic carbocycles. The number of benzene rings is 1. The summed E-state index contributed by atoms with van der Waals surface area (Å²) in [5.74, 6) is 3.41. The largest absolute Gasteiger partial charge is 0.336 e. The topological polar surface area (TPSA) is 40.5 Å². The predicted molar refractivity (Wildman–Crippen MR) is 110 cm³/mol. The number of rotatable bonds is 3. The standard InChI is InChI=1S/C22H28N4O/c1-5-18-17-14-20-15(11-9-13-24(20)4)16-10-8-12-19(21(16)17)26(18)23-22(27)25(6-2)7-3/h1,8,10,12,15,20H,6-7,9,11,13-14H2,2-4H3,(H,23,27)/t15-,20-/m1/s1. The first kappa shape index (κ1) is 17.9. The van der Waals surface area contributed by atoms with Gasteiger partial charge in [-0.25, -0.2) is 14.9 Å². The number of carbonyl (C=O) groups is 1. The normalized spacial score (nSPS) is 21.6. The van der Waals surface area contributed by atoms with Crippen LogP contribution in [0.5, 0.6) is 0 Å². The SMILES string of the molecule is C#Cc1c2c3c(cccc3n1NC(=O)N(CC)CC)[C@H]1CCCN(C)[C@@H]1C2. The van der Waals surface area contributed by atoms with Gasteiger partial charge in [-0.2, -0.15) is 0 Å². The zero-order valence-electron chi connectivity index (χ0n) is 16.5. The van der Waals surface area contributed by atoms with Gasteiger partial charge in [-0.1, -0.05) is 12.1 Å². The highest BCUT2D eigenvalue weighted by Gasteiger charge is 2.38. The number of likely N-dealkylation sites (tertiary alicyclic amines) is 1. The first-order chi connectivity index (χ1) is 13.1. The van der Waals surface area contributed by atoms with Crippen molar-refractivity contribution < 1.29 is 4.79 Å². The molecule has 0 saturated carbocycles. The van der Waals surface area contributed by atoms with Crippen LogP contribution >= 0.6 is 0 Å². The molecule has 0 bridgehead atoms. The third-order valence-electron chi connectivity index (χ3n) is 6.39. The van der Waals surface area contributed by atoms with E-state index in [9.17, 15) is 4.79 Å². The van der Waals surface area contributed by atoms with Crippen LogP contribution in [0.1, 0.15) is 49.4 Å². The fourth-order valence-corrected chi connectivity index (χ4v) is 5.00. The fourth-order valence-electron chi connectivity index (χ4n) is 5.00. The quantitative estimate of drug-likeness (QED) is 0.849. The molecule has 1 saturated heterocycles.